The van der Waals surface area contributed by atoms with Crippen LogP contribution in [0.4, 0.5) is 4.79 Å². The molecule has 1 aromatic heterocycles. The molecule has 1 aliphatic heterocycles. The number of alkyl carbamates (subject to hydrolysis) is 1. The number of methoxy groups -OCH3 is 1. The van der Waals surface area contributed by atoms with Crippen LogP contribution in [0.5, 0.6) is 0 Å². The van der Waals surface area contributed by atoms with E-state index in [0.29, 0.717) is 18.4 Å². The normalized spacial score (nSPS) is 18.7. The van der Waals surface area contributed by atoms with Crippen molar-refractivity contribution in [1.29, 1.82) is 0 Å². The van der Waals surface area contributed by atoms with E-state index in [-0.39, 0.29) is 23.5 Å². The predicted octanol–water partition coefficient (Wildman–Crippen LogP) is 2.66. The molecule has 1 aromatic carbocycles. The number of hydrogen-bond donors (Lipinski definition) is 1. The lowest BCUT2D eigenvalue weighted by Crippen LogP contribution is -2.41. The Morgan fingerprint density at radius 1 is 1.23 bits per heavy atom. The van der Waals surface area contributed by atoms with Crippen molar-refractivity contribution in [1.82, 2.24) is 14.2 Å². The van der Waals surface area contributed by atoms with Crippen LogP contribution in [0.2, 0.25) is 0 Å². The Hall–Kier alpha value is -2.59. The molecule has 9 nitrogen and oxygen atoms in total. The Bertz CT molecular complexity index is 1090. The van der Waals surface area contributed by atoms with Crippen molar-refractivity contribution in [3.8, 4) is 0 Å². The van der Waals surface area contributed by atoms with Crippen LogP contribution in [0.25, 0.3) is 10.9 Å². The zero-order chi connectivity index (χ0) is 23.0. The number of benzene rings is 1. The number of nitrogens with zero attached hydrogens (tertiary/aromatic N) is 2. The third kappa shape index (κ3) is 5.01. The van der Waals surface area contributed by atoms with Gasteiger partial charge in [0, 0.05) is 36.2 Å². The van der Waals surface area contributed by atoms with Gasteiger partial charge in [-0.25, -0.2) is 18.0 Å². The second kappa shape index (κ2) is 8.51. The van der Waals surface area contributed by atoms with Gasteiger partial charge in [-0.05, 0) is 58.4 Å². The van der Waals surface area contributed by atoms with Crippen molar-refractivity contribution in [3.63, 3.8) is 0 Å². The van der Waals surface area contributed by atoms with Gasteiger partial charge in [0.25, 0.3) is 0 Å². The van der Waals surface area contributed by atoms with Gasteiger partial charge >= 0.3 is 12.1 Å². The van der Waals surface area contributed by atoms with Crippen LogP contribution in [0.15, 0.2) is 35.4 Å². The van der Waals surface area contributed by atoms with E-state index in [1.807, 2.05) is 0 Å². The fourth-order valence-corrected chi connectivity index (χ4v) is 5.15. The zero-order valence-electron chi connectivity index (χ0n) is 18.4. The van der Waals surface area contributed by atoms with Crippen LogP contribution < -0.4 is 5.32 Å². The van der Waals surface area contributed by atoms with Crippen LogP contribution in [-0.2, 0) is 24.3 Å². The summed E-state index contributed by atoms with van der Waals surface area (Å²) in [4.78, 5) is 24.0. The molecule has 31 heavy (non-hydrogen) atoms. The van der Waals surface area contributed by atoms with E-state index in [2.05, 4.69) is 5.32 Å². The van der Waals surface area contributed by atoms with E-state index in [9.17, 15) is 18.0 Å². The van der Waals surface area contributed by atoms with Gasteiger partial charge in [0.15, 0.2) is 0 Å². The minimum atomic E-state index is -3.73. The molecule has 1 amide bonds. The summed E-state index contributed by atoms with van der Waals surface area (Å²) in [5, 5.41) is 3.44. The molecule has 1 fully saturated rings. The molecule has 2 aromatic rings. The monoisotopic (exact) mass is 451 g/mol. The molecule has 0 spiro atoms. The van der Waals surface area contributed by atoms with E-state index < -0.39 is 27.8 Å². The summed E-state index contributed by atoms with van der Waals surface area (Å²) < 4.78 is 39.4. The molecule has 2 heterocycles. The summed E-state index contributed by atoms with van der Waals surface area (Å²) in [6, 6.07) is 5.75. The van der Waals surface area contributed by atoms with Crippen molar-refractivity contribution in [2.24, 2.45) is 0 Å². The number of ether oxygens (including phenoxy) is 2. The van der Waals surface area contributed by atoms with E-state index in [1.54, 1.807) is 56.7 Å². The number of sulfonamides is 1. The molecule has 10 heteroatoms. The van der Waals surface area contributed by atoms with Gasteiger partial charge in [-0.15, -0.1) is 0 Å². The van der Waals surface area contributed by atoms with E-state index in [0.717, 1.165) is 5.52 Å². The number of carbonyl (C=O) groups excluding carboxylic acids is 2. The average Bonchev–Trinajstić information content (AvgIpc) is 3.32. The number of aromatic nitrogens is 1. The second-order valence-corrected chi connectivity index (χ2v) is 10.6. The van der Waals surface area contributed by atoms with Crippen molar-refractivity contribution < 1.29 is 27.5 Å². The van der Waals surface area contributed by atoms with Crippen LogP contribution >= 0.6 is 0 Å². The quantitative estimate of drug-likeness (QED) is 0.701. The first-order valence-electron chi connectivity index (χ1n) is 10.1. The number of carbonyl (C=O) groups is 2. The highest BCUT2D eigenvalue weighted by atomic mass is 32.2. The number of esters is 1. The van der Waals surface area contributed by atoms with Gasteiger partial charge in [-0.1, -0.05) is 0 Å². The lowest BCUT2D eigenvalue weighted by atomic mass is 10.2. The highest BCUT2D eigenvalue weighted by molar-refractivity contribution is 7.89. The molecule has 0 aliphatic carbocycles. The van der Waals surface area contributed by atoms with Crippen LogP contribution in [-0.4, -0.2) is 61.2 Å². The van der Waals surface area contributed by atoms with Gasteiger partial charge in [-0.2, -0.15) is 4.31 Å². The molecule has 1 N–H and O–H groups in total. The van der Waals surface area contributed by atoms with Gasteiger partial charge in [-0.3, -0.25) is 0 Å². The van der Waals surface area contributed by atoms with Gasteiger partial charge < -0.3 is 19.4 Å². The Balaban J connectivity index is 1.75. The minimum Gasteiger partial charge on any atom is -0.467 e. The predicted molar refractivity (Wildman–Crippen MR) is 115 cm³/mol. The third-order valence-corrected chi connectivity index (χ3v) is 7.02. The van der Waals surface area contributed by atoms with E-state index in [4.69, 9.17) is 9.47 Å². The first-order chi connectivity index (χ1) is 14.4. The number of fused-ring (bicyclic) bond motifs is 1. The Morgan fingerprint density at radius 3 is 2.58 bits per heavy atom. The molecule has 1 unspecified atom stereocenters. The maximum absolute atomic E-state index is 13.1. The average molecular weight is 452 g/mol. The Labute approximate surface area is 182 Å². The number of nitrogens with one attached hydrogen (secondary N) is 1. The summed E-state index contributed by atoms with van der Waals surface area (Å²) in [7, 11) is -2.40. The second-order valence-electron chi connectivity index (χ2n) is 8.64. The Kier molecular flexibility index (Phi) is 6.33. The van der Waals surface area contributed by atoms with Crippen LogP contribution in [0.1, 0.15) is 40.2 Å². The van der Waals surface area contributed by atoms with Gasteiger partial charge in [0.05, 0.1) is 12.0 Å². The SMILES string of the molecule is COC(=O)C(C)n1ccc2cc(S(=O)(=O)N3CC[C@@H](NC(=O)OC(C)(C)C)C3)ccc21. The molecule has 0 bridgehead atoms. The lowest BCUT2D eigenvalue weighted by Gasteiger charge is -2.22. The highest BCUT2D eigenvalue weighted by Crippen LogP contribution is 2.27. The lowest BCUT2D eigenvalue weighted by molar-refractivity contribution is -0.143. The molecule has 0 saturated carbocycles. The topological polar surface area (TPSA) is 107 Å². The molecular weight excluding hydrogens is 422 g/mol. The van der Waals surface area contributed by atoms with E-state index >= 15 is 0 Å². The number of rotatable bonds is 5. The van der Waals surface area contributed by atoms with Gasteiger partial charge in [0.2, 0.25) is 10.0 Å². The largest absolute Gasteiger partial charge is 0.467 e. The zero-order valence-corrected chi connectivity index (χ0v) is 19.2. The van der Waals surface area contributed by atoms with Crippen molar-refractivity contribution >= 4 is 33.0 Å². The Morgan fingerprint density at radius 2 is 1.94 bits per heavy atom. The van der Waals surface area contributed by atoms with Crippen molar-refractivity contribution in [3.05, 3.63) is 30.5 Å². The fraction of sp³-hybridized carbons (Fsp3) is 0.524. The molecular formula is C21H29N3O6S. The first-order valence-corrected chi connectivity index (χ1v) is 11.5. The number of hydrogen-bond acceptors (Lipinski definition) is 6. The smallest absolute Gasteiger partial charge is 0.407 e. The highest BCUT2D eigenvalue weighted by Gasteiger charge is 2.34. The third-order valence-electron chi connectivity index (χ3n) is 5.16. The standard InChI is InChI=1S/C21H29N3O6S/c1-14(19(25)29-5)24-11-8-15-12-17(6-7-18(15)24)31(27,28)23-10-9-16(13-23)22-20(26)30-21(2,3)4/h6-8,11-12,14,16H,9-10,13H2,1-5H3,(H,22,26)/t14?,16-/m1/s1. The van der Waals surface area contributed by atoms with Crippen molar-refractivity contribution in [2.45, 2.75) is 56.7 Å². The maximum atomic E-state index is 13.1. The fourth-order valence-electron chi connectivity index (χ4n) is 3.61. The van der Waals surface area contributed by atoms with E-state index in [1.165, 1.54) is 17.5 Å². The molecule has 3 rings (SSSR count). The molecule has 2 atom stereocenters. The summed E-state index contributed by atoms with van der Waals surface area (Å²) in [5.41, 5.74) is 0.119. The van der Waals surface area contributed by atoms with Gasteiger partial charge in [0.1, 0.15) is 11.6 Å². The summed E-state index contributed by atoms with van der Waals surface area (Å²) >= 11 is 0. The maximum Gasteiger partial charge on any atom is 0.407 e. The molecule has 1 saturated heterocycles. The summed E-state index contributed by atoms with van der Waals surface area (Å²) in [6.45, 7) is 7.52. The van der Waals surface area contributed by atoms with Crippen LogP contribution in [0, 0.1) is 0 Å². The molecule has 170 valence electrons. The minimum absolute atomic E-state index is 0.168. The molecule has 1 aliphatic rings. The summed E-state index contributed by atoms with van der Waals surface area (Å²) in [6.07, 6.45) is 1.69. The number of amides is 1. The van der Waals surface area contributed by atoms with Crippen molar-refractivity contribution in [2.75, 3.05) is 20.2 Å². The van der Waals surface area contributed by atoms with Crippen LogP contribution in [0.3, 0.4) is 0 Å². The first kappa shape index (κ1) is 23.1. The molecule has 0 radical (unpaired) electrons. The summed E-state index contributed by atoms with van der Waals surface area (Å²) in [5.74, 6) is -0.380.